The predicted octanol–water partition coefficient (Wildman–Crippen LogP) is 1.35. The van der Waals surface area contributed by atoms with Gasteiger partial charge in [-0.25, -0.2) is 4.68 Å². The van der Waals surface area contributed by atoms with Crippen LogP contribution >= 0.6 is 0 Å². The van der Waals surface area contributed by atoms with Crippen molar-refractivity contribution in [2.45, 2.75) is 20.0 Å². The van der Waals surface area contributed by atoms with Gasteiger partial charge in [-0.2, -0.15) is 0 Å². The molecule has 0 unspecified atom stereocenters. The Kier molecular flexibility index (Phi) is 4.83. The lowest BCUT2D eigenvalue weighted by atomic mass is 10.2. The molecule has 21 heavy (non-hydrogen) atoms. The number of nitro groups is 1. The van der Waals surface area contributed by atoms with Crippen LogP contribution in [0.25, 0.3) is 0 Å². The molecule has 0 saturated heterocycles. The molecule has 0 radical (unpaired) electrons. The summed E-state index contributed by atoms with van der Waals surface area (Å²) in [4.78, 5) is 10.4. The van der Waals surface area contributed by atoms with Gasteiger partial charge in [-0.15, -0.1) is 5.10 Å². The van der Waals surface area contributed by atoms with Gasteiger partial charge in [0.15, 0.2) is 0 Å². The van der Waals surface area contributed by atoms with E-state index in [-0.39, 0.29) is 5.69 Å². The Morgan fingerprint density at radius 2 is 2.29 bits per heavy atom. The number of benzene rings is 1. The predicted molar refractivity (Wildman–Crippen MR) is 76.2 cm³/mol. The van der Waals surface area contributed by atoms with Crippen LogP contribution in [-0.4, -0.2) is 33.6 Å². The second-order valence-electron chi connectivity index (χ2n) is 4.44. The minimum atomic E-state index is -0.430. The topological polar surface area (TPSA) is 95.1 Å². The van der Waals surface area contributed by atoms with Crippen LogP contribution in [0.15, 0.2) is 24.4 Å². The molecule has 1 aromatic carbocycles. The fourth-order valence-electron chi connectivity index (χ4n) is 1.93. The maximum Gasteiger partial charge on any atom is 0.270 e. The summed E-state index contributed by atoms with van der Waals surface area (Å²) in [5.41, 5.74) is 1.53. The van der Waals surface area contributed by atoms with E-state index in [1.807, 2.05) is 6.92 Å². The molecule has 0 aliphatic rings. The second kappa shape index (κ2) is 6.80. The minimum Gasteiger partial charge on any atom is -0.496 e. The third-order valence-electron chi connectivity index (χ3n) is 2.95. The van der Waals surface area contributed by atoms with Crippen LogP contribution in [0, 0.1) is 10.1 Å². The van der Waals surface area contributed by atoms with Gasteiger partial charge in [0.2, 0.25) is 0 Å². The first-order chi connectivity index (χ1) is 10.1. The van der Waals surface area contributed by atoms with Gasteiger partial charge in [-0.1, -0.05) is 12.1 Å². The van der Waals surface area contributed by atoms with Crippen molar-refractivity contribution in [3.8, 4) is 5.75 Å². The van der Waals surface area contributed by atoms with Crippen molar-refractivity contribution < 1.29 is 9.66 Å². The molecular formula is C13H17N5O3. The van der Waals surface area contributed by atoms with Gasteiger partial charge < -0.3 is 10.1 Å². The number of aromatic nitrogens is 3. The summed E-state index contributed by atoms with van der Waals surface area (Å²) in [7, 11) is 1.53. The molecule has 0 fully saturated rings. The highest BCUT2D eigenvalue weighted by Gasteiger charge is 2.12. The molecule has 112 valence electrons. The van der Waals surface area contributed by atoms with Gasteiger partial charge >= 0.3 is 0 Å². The normalized spacial score (nSPS) is 10.6. The maximum atomic E-state index is 10.8. The average molecular weight is 291 g/mol. The third kappa shape index (κ3) is 3.76. The highest BCUT2D eigenvalue weighted by molar-refractivity contribution is 5.43. The highest BCUT2D eigenvalue weighted by Crippen LogP contribution is 2.24. The largest absolute Gasteiger partial charge is 0.496 e. The molecule has 8 heteroatoms. The Balaban J connectivity index is 2.19. The Morgan fingerprint density at radius 1 is 1.48 bits per heavy atom. The summed E-state index contributed by atoms with van der Waals surface area (Å²) in [6.45, 7) is 3.87. The van der Waals surface area contributed by atoms with Crippen molar-refractivity contribution in [2.24, 2.45) is 0 Å². The van der Waals surface area contributed by atoms with Crippen molar-refractivity contribution in [1.82, 2.24) is 20.3 Å². The molecule has 0 aliphatic heterocycles. The average Bonchev–Trinajstić information content (AvgIpc) is 2.92. The number of non-ortho nitro benzene ring substituents is 1. The zero-order chi connectivity index (χ0) is 15.2. The van der Waals surface area contributed by atoms with Crippen molar-refractivity contribution in [3.63, 3.8) is 0 Å². The molecule has 0 amide bonds. The number of hydrogen-bond acceptors (Lipinski definition) is 6. The number of ether oxygens (including phenoxy) is 1. The van der Waals surface area contributed by atoms with E-state index >= 15 is 0 Å². The number of rotatable bonds is 7. The van der Waals surface area contributed by atoms with E-state index in [9.17, 15) is 10.1 Å². The first-order valence-corrected chi connectivity index (χ1v) is 6.55. The highest BCUT2D eigenvalue weighted by atomic mass is 16.6. The fourth-order valence-corrected chi connectivity index (χ4v) is 1.93. The van der Waals surface area contributed by atoms with Gasteiger partial charge in [-0.05, 0) is 12.6 Å². The van der Waals surface area contributed by atoms with E-state index in [0.29, 0.717) is 24.4 Å². The summed E-state index contributed by atoms with van der Waals surface area (Å²) in [5, 5.41) is 22.1. The fraction of sp³-hybridized carbons (Fsp3) is 0.385. The quantitative estimate of drug-likeness (QED) is 0.611. The third-order valence-corrected chi connectivity index (χ3v) is 2.95. The van der Waals surface area contributed by atoms with Gasteiger partial charge in [-0.3, -0.25) is 10.1 Å². The zero-order valence-corrected chi connectivity index (χ0v) is 11.9. The number of nitrogens with one attached hydrogen (secondary N) is 1. The lowest BCUT2D eigenvalue weighted by Gasteiger charge is -2.07. The van der Waals surface area contributed by atoms with Crippen LogP contribution < -0.4 is 10.1 Å². The smallest absolute Gasteiger partial charge is 0.270 e. The number of hydrogen-bond donors (Lipinski definition) is 1. The number of nitrogens with zero attached hydrogens (tertiary/aromatic N) is 4. The molecule has 0 spiro atoms. The van der Waals surface area contributed by atoms with Crippen LogP contribution in [0.3, 0.4) is 0 Å². The van der Waals surface area contributed by atoms with Gasteiger partial charge in [0.05, 0.1) is 30.5 Å². The summed E-state index contributed by atoms with van der Waals surface area (Å²) in [6.07, 6.45) is 1.81. The van der Waals surface area contributed by atoms with E-state index in [1.165, 1.54) is 19.2 Å². The summed E-state index contributed by atoms with van der Waals surface area (Å²) in [6, 6.07) is 4.49. The molecule has 0 atom stereocenters. The molecule has 1 N–H and O–H groups in total. The van der Waals surface area contributed by atoms with Crippen molar-refractivity contribution in [2.75, 3.05) is 13.7 Å². The van der Waals surface area contributed by atoms with E-state index in [4.69, 9.17) is 4.74 Å². The monoisotopic (exact) mass is 291 g/mol. The molecule has 0 aliphatic carbocycles. The van der Waals surface area contributed by atoms with Crippen LogP contribution in [0.4, 0.5) is 5.69 Å². The molecule has 2 rings (SSSR count). The van der Waals surface area contributed by atoms with Crippen molar-refractivity contribution in [1.29, 1.82) is 0 Å². The molecule has 0 saturated carbocycles. The Morgan fingerprint density at radius 3 is 2.95 bits per heavy atom. The van der Waals surface area contributed by atoms with Crippen molar-refractivity contribution >= 4 is 5.69 Å². The SMILES string of the molecule is CCNCc1cn(Cc2cc([N+](=O)[O-])ccc2OC)nn1. The molecule has 1 aromatic heterocycles. The molecule has 0 bridgehead atoms. The molecule has 8 nitrogen and oxygen atoms in total. The lowest BCUT2D eigenvalue weighted by molar-refractivity contribution is -0.384. The molecule has 2 aromatic rings. The Bertz CT molecular complexity index is 626. The van der Waals surface area contributed by atoms with Crippen molar-refractivity contribution in [3.05, 3.63) is 45.8 Å². The number of methoxy groups -OCH3 is 1. The van der Waals surface area contributed by atoms with Crippen LogP contribution in [0.2, 0.25) is 0 Å². The summed E-state index contributed by atoms with van der Waals surface area (Å²) >= 11 is 0. The number of nitro benzene ring substituents is 1. The first kappa shape index (κ1) is 14.9. The van der Waals surface area contributed by atoms with E-state index in [2.05, 4.69) is 15.6 Å². The van der Waals surface area contributed by atoms with E-state index in [0.717, 1.165) is 12.2 Å². The van der Waals surface area contributed by atoms with Gasteiger partial charge in [0.1, 0.15) is 5.75 Å². The van der Waals surface area contributed by atoms with Crippen LogP contribution in [-0.2, 0) is 13.1 Å². The molecule has 1 heterocycles. The summed E-state index contributed by atoms with van der Waals surface area (Å²) in [5.74, 6) is 0.587. The zero-order valence-electron chi connectivity index (χ0n) is 11.9. The van der Waals surface area contributed by atoms with Crippen LogP contribution in [0.1, 0.15) is 18.2 Å². The standard InChI is InChI=1S/C13H17N5O3/c1-3-14-7-11-9-17(16-15-11)8-10-6-12(18(19)20)4-5-13(10)21-2/h4-6,9,14H,3,7-8H2,1-2H3. The molecular weight excluding hydrogens is 274 g/mol. The lowest BCUT2D eigenvalue weighted by Crippen LogP contribution is -2.11. The Labute approximate surface area is 121 Å². The van der Waals surface area contributed by atoms with Gasteiger partial charge in [0, 0.05) is 24.2 Å². The van der Waals surface area contributed by atoms with E-state index in [1.54, 1.807) is 16.9 Å². The van der Waals surface area contributed by atoms with Crippen LogP contribution in [0.5, 0.6) is 5.75 Å². The second-order valence-corrected chi connectivity index (χ2v) is 4.44. The first-order valence-electron chi connectivity index (χ1n) is 6.55. The Hall–Kier alpha value is -2.48. The van der Waals surface area contributed by atoms with Gasteiger partial charge in [0.25, 0.3) is 5.69 Å². The maximum absolute atomic E-state index is 10.8. The minimum absolute atomic E-state index is 0.0267. The van der Waals surface area contributed by atoms with E-state index < -0.39 is 4.92 Å². The summed E-state index contributed by atoms with van der Waals surface area (Å²) < 4.78 is 6.86.